The van der Waals surface area contributed by atoms with Crippen LogP contribution >= 0.6 is 0 Å². The van der Waals surface area contributed by atoms with E-state index < -0.39 is 23.5 Å². The summed E-state index contributed by atoms with van der Waals surface area (Å²) in [5, 5.41) is 20.3. The third-order valence-corrected chi connectivity index (χ3v) is 5.57. The van der Waals surface area contributed by atoms with Crippen molar-refractivity contribution in [1.29, 1.82) is 5.26 Å². The van der Waals surface area contributed by atoms with E-state index in [1.165, 1.54) is 47.4 Å². The molecule has 4 rings (SSSR count). The minimum absolute atomic E-state index is 0.0860. The number of benzene rings is 3. The van der Waals surface area contributed by atoms with E-state index in [1.807, 2.05) is 19.1 Å². The first-order valence-electron chi connectivity index (χ1n) is 9.96. The zero-order valence-electron chi connectivity index (χ0n) is 17.5. The second kappa shape index (κ2) is 8.12. The standard InChI is InChI=1S/C26H19FN2O3/c1-15-7-8-16(2)20(13-15)24(30)22-23(19-5-3-4-6-21(19)27)29(26(32)25(22)31)18-11-9-17(14-28)10-12-18/h3-13,23,30H,1-2H3/b24-22+. The fraction of sp³-hybridized carbons (Fsp3) is 0.115. The Balaban J connectivity index is 1.99. The number of ketones is 1. The molecular formula is C26H19FN2O3. The maximum Gasteiger partial charge on any atom is 0.300 e. The van der Waals surface area contributed by atoms with Gasteiger partial charge in [-0.1, -0.05) is 35.9 Å². The van der Waals surface area contributed by atoms with Crippen molar-refractivity contribution in [3.05, 3.63) is 106 Å². The largest absolute Gasteiger partial charge is 0.507 e. The number of anilines is 1. The van der Waals surface area contributed by atoms with E-state index in [2.05, 4.69) is 0 Å². The zero-order chi connectivity index (χ0) is 23.0. The molecule has 6 heteroatoms. The monoisotopic (exact) mass is 426 g/mol. The highest BCUT2D eigenvalue weighted by Gasteiger charge is 2.47. The Morgan fingerprint density at radius 3 is 2.38 bits per heavy atom. The second-order valence-corrected chi connectivity index (χ2v) is 7.67. The van der Waals surface area contributed by atoms with Crippen LogP contribution in [0.25, 0.3) is 5.76 Å². The molecule has 0 saturated carbocycles. The molecule has 1 N–H and O–H groups in total. The number of Topliss-reactive ketones (excluding diaryl/α,β-unsaturated/α-hetero) is 1. The Morgan fingerprint density at radius 2 is 1.72 bits per heavy atom. The summed E-state index contributed by atoms with van der Waals surface area (Å²) >= 11 is 0. The van der Waals surface area contributed by atoms with Gasteiger partial charge in [-0.05, 0) is 55.8 Å². The van der Waals surface area contributed by atoms with Crippen molar-refractivity contribution in [2.45, 2.75) is 19.9 Å². The van der Waals surface area contributed by atoms with E-state index in [0.29, 0.717) is 22.4 Å². The van der Waals surface area contributed by atoms with Gasteiger partial charge in [-0.3, -0.25) is 14.5 Å². The van der Waals surface area contributed by atoms with E-state index in [4.69, 9.17) is 5.26 Å². The summed E-state index contributed by atoms with van der Waals surface area (Å²) in [5.74, 6) is -2.74. The molecule has 0 aromatic heterocycles. The van der Waals surface area contributed by atoms with E-state index >= 15 is 0 Å². The van der Waals surface area contributed by atoms with Crippen molar-refractivity contribution in [3.8, 4) is 6.07 Å². The summed E-state index contributed by atoms with van der Waals surface area (Å²) < 4.78 is 14.9. The van der Waals surface area contributed by atoms with Crippen LogP contribution in [-0.4, -0.2) is 16.8 Å². The molecule has 3 aromatic carbocycles. The normalized spacial score (nSPS) is 17.4. The number of hydrogen-bond acceptors (Lipinski definition) is 4. The smallest absolute Gasteiger partial charge is 0.300 e. The summed E-state index contributed by atoms with van der Waals surface area (Å²) in [6.07, 6.45) is 0. The molecule has 1 fully saturated rings. The van der Waals surface area contributed by atoms with E-state index in [1.54, 1.807) is 25.1 Å². The molecule has 1 aliphatic rings. The van der Waals surface area contributed by atoms with Crippen molar-refractivity contribution in [1.82, 2.24) is 0 Å². The number of rotatable bonds is 3. The van der Waals surface area contributed by atoms with Crippen molar-refractivity contribution >= 4 is 23.1 Å². The predicted molar refractivity (Wildman–Crippen MR) is 118 cm³/mol. The molecule has 158 valence electrons. The Bertz CT molecular complexity index is 1320. The van der Waals surface area contributed by atoms with Gasteiger partial charge >= 0.3 is 0 Å². The van der Waals surface area contributed by atoms with E-state index in [-0.39, 0.29) is 16.9 Å². The molecule has 0 spiro atoms. The predicted octanol–water partition coefficient (Wildman–Crippen LogP) is 4.94. The first kappa shape index (κ1) is 21.0. The third kappa shape index (κ3) is 3.44. The van der Waals surface area contributed by atoms with Crippen LogP contribution in [0.5, 0.6) is 0 Å². The summed E-state index contributed by atoms with van der Waals surface area (Å²) in [4.78, 5) is 27.4. The second-order valence-electron chi connectivity index (χ2n) is 7.67. The Morgan fingerprint density at radius 1 is 1.03 bits per heavy atom. The Labute approximate surface area is 184 Å². The molecule has 1 heterocycles. The summed E-state index contributed by atoms with van der Waals surface area (Å²) in [7, 11) is 0. The van der Waals surface area contributed by atoms with Gasteiger partial charge in [-0.2, -0.15) is 5.26 Å². The van der Waals surface area contributed by atoms with Crippen LogP contribution < -0.4 is 4.90 Å². The Hall–Kier alpha value is -4.24. The van der Waals surface area contributed by atoms with Crippen molar-refractivity contribution in [2.75, 3.05) is 4.90 Å². The fourth-order valence-corrected chi connectivity index (χ4v) is 3.92. The molecule has 32 heavy (non-hydrogen) atoms. The van der Waals surface area contributed by atoms with Gasteiger partial charge in [0.2, 0.25) is 0 Å². The molecule has 1 unspecified atom stereocenters. The minimum Gasteiger partial charge on any atom is -0.507 e. The maximum atomic E-state index is 14.9. The van der Waals surface area contributed by atoms with Crippen LogP contribution in [0.15, 0.2) is 72.3 Å². The average Bonchev–Trinajstić information content (AvgIpc) is 3.05. The summed E-state index contributed by atoms with van der Waals surface area (Å²) in [6.45, 7) is 3.63. The SMILES string of the molecule is Cc1ccc(C)c(/C(O)=C2\C(=O)C(=O)N(c3ccc(C#N)cc3)C2c2ccccc2F)c1. The van der Waals surface area contributed by atoms with E-state index in [9.17, 15) is 19.1 Å². The number of carbonyl (C=O) groups is 2. The van der Waals surface area contributed by atoms with Crippen LogP contribution in [-0.2, 0) is 9.59 Å². The molecule has 1 amide bonds. The molecule has 5 nitrogen and oxygen atoms in total. The lowest BCUT2D eigenvalue weighted by molar-refractivity contribution is -0.132. The summed E-state index contributed by atoms with van der Waals surface area (Å²) in [6, 6.07) is 18.1. The quantitative estimate of drug-likeness (QED) is 0.365. The highest BCUT2D eigenvalue weighted by Crippen LogP contribution is 2.43. The van der Waals surface area contributed by atoms with Crippen LogP contribution in [0.3, 0.4) is 0 Å². The highest BCUT2D eigenvalue weighted by molar-refractivity contribution is 6.51. The number of aliphatic hydroxyl groups is 1. The molecule has 0 bridgehead atoms. The lowest BCUT2D eigenvalue weighted by Crippen LogP contribution is -2.29. The van der Waals surface area contributed by atoms with Gasteiger partial charge in [-0.15, -0.1) is 0 Å². The molecule has 0 radical (unpaired) electrons. The topological polar surface area (TPSA) is 81.4 Å². The minimum atomic E-state index is -1.16. The van der Waals surface area contributed by atoms with Crippen LogP contribution in [0.1, 0.15) is 33.9 Å². The molecule has 1 atom stereocenters. The van der Waals surface area contributed by atoms with Gasteiger partial charge in [0.05, 0.1) is 23.2 Å². The van der Waals surface area contributed by atoms with Crippen molar-refractivity contribution < 1.29 is 19.1 Å². The number of nitriles is 1. The van der Waals surface area contributed by atoms with Crippen LogP contribution in [0, 0.1) is 31.0 Å². The van der Waals surface area contributed by atoms with Crippen LogP contribution in [0.2, 0.25) is 0 Å². The van der Waals surface area contributed by atoms with Gasteiger partial charge in [-0.25, -0.2) is 4.39 Å². The molecule has 1 aliphatic heterocycles. The van der Waals surface area contributed by atoms with Crippen LogP contribution in [0.4, 0.5) is 10.1 Å². The number of aryl methyl sites for hydroxylation is 2. The van der Waals surface area contributed by atoms with Gasteiger partial charge in [0.1, 0.15) is 11.6 Å². The van der Waals surface area contributed by atoms with Gasteiger partial charge in [0.15, 0.2) is 0 Å². The first-order valence-corrected chi connectivity index (χ1v) is 9.96. The number of halogens is 1. The van der Waals surface area contributed by atoms with Crippen molar-refractivity contribution in [3.63, 3.8) is 0 Å². The van der Waals surface area contributed by atoms with Gasteiger partial charge in [0, 0.05) is 16.8 Å². The summed E-state index contributed by atoms with van der Waals surface area (Å²) in [5.41, 5.74) is 2.58. The zero-order valence-corrected chi connectivity index (χ0v) is 17.5. The van der Waals surface area contributed by atoms with Crippen molar-refractivity contribution in [2.24, 2.45) is 0 Å². The Kier molecular flexibility index (Phi) is 5.33. The third-order valence-electron chi connectivity index (χ3n) is 5.57. The van der Waals surface area contributed by atoms with Gasteiger partial charge < -0.3 is 5.11 Å². The molecule has 0 aliphatic carbocycles. The number of carbonyl (C=O) groups excluding carboxylic acids is 2. The molecular weight excluding hydrogens is 407 g/mol. The highest BCUT2D eigenvalue weighted by atomic mass is 19.1. The lowest BCUT2D eigenvalue weighted by atomic mass is 9.93. The molecule has 3 aromatic rings. The fourth-order valence-electron chi connectivity index (χ4n) is 3.92. The number of amides is 1. The maximum absolute atomic E-state index is 14.9. The first-order chi connectivity index (χ1) is 15.3. The average molecular weight is 426 g/mol. The molecule has 1 saturated heterocycles. The lowest BCUT2D eigenvalue weighted by Gasteiger charge is -2.26. The van der Waals surface area contributed by atoms with E-state index in [0.717, 1.165) is 5.56 Å². The van der Waals surface area contributed by atoms with Gasteiger partial charge in [0.25, 0.3) is 11.7 Å². The number of nitrogens with zero attached hydrogens (tertiary/aromatic N) is 2. The number of hydrogen-bond donors (Lipinski definition) is 1. The number of aliphatic hydroxyl groups excluding tert-OH is 1.